The zero-order valence-electron chi connectivity index (χ0n) is 8.92. The van der Waals surface area contributed by atoms with E-state index in [1.54, 1.807) is 18.2 Å². The molecule has 0 aliphatic carbocycles. The molecule has 0 amide bonds. The van der Waals surface area contributed by atoms with E-state index in [2.05, 4.69) is 36.6 Å². The molecular formula is C10H8BrCl2N5. The van der Waals surface area contributed by atoms with Crippen molar-refractivity contribution in [2.75, 3.05) is 10.7 Å². The normalized spacial score (nSPS) is 10.2. The van der Waals surface area contributed by atoms with Crippen LogP contribution >= 0.6 is 39.1 Å². The number of nitrogen functional groups attached to an aromatic ring is 1. The fraction of sp³-hybridized carbons (Fsp3) is 0. The van der Waals surface area contributed by atoms with Gasteiger partial charge >= 0.3 is 0 Å². The molecule has 1 aromatic heterocycles. The maximum atomic E-state index is 6.06. The number of nitrogens with one attached hydrogen (secondary N) is 2. The van der Waals surface area contributed by atoms with E-state index in [9.17, 15) is 0 Å². The molecule has 0 saturated carbocycles. The highest BCUT2D eigenvalue weighted by atomic mass is 79.9. The number of hydrazine groups is 1. The van der Waals surface area contributed by atoms with E-state index in [0.29, 0.717) is 31.8 Å². The van der Waals surface area contributed by atoms with E-state index >= 15 is 0 Å². The number of benzene rings is 1. The number of hydrogen-bond donors (Lipinski definition) is 3. The average Bonchev–Trinajstić information content (AvgIpc) is 2.35. The van der Waals surface area contributed by atoms with Crippen molar-refractivity contribution >= 4 is 56.5 Å². The van der Waals surface area contributed by atoms with Crippen LogP contribution in [-0.4, -0.2) is 9.97 Å². The first-order valence-electron chi connectivity index (χ1n) is 4.81. The minimum atomic E-state index is 0.470. The van der Waals surface area contributed by atoms with Crippen molar-refractivity contribution < 1.29 is 0 Å². The average molecular weight is 349 g/mol. The molecule has 0 spiro atoms. The molecular weight excluding hydrogens is 341 g/mol. The highest BCUT2D eigenvalue weighted by Crippen LogP contribution is 2.32. The molecule has 2 aromatic rings. The number of anilines is 3. The number of nitrogens with zero attached hydrogens (tertiary/aromatic N) is 2. The van der Waals surface area contributed by atoms with Crippen molar-refractivity contribution in [3.05, 3.63) is 39.0 Å². The Balaban J connectivity index is 2.34. The Hall–Kier alpha value is -1.08. The van der Waals surface area contributed by atoms with E-state index in [-0.39, 0.29) is 0 Å². The van der Waals surface area contributed by atoms with E-state index in [1.807, 2.05) is 0 Å². The van der Waals surface area contributed by atoms with Gasteiger partial charge in [-0.15, -0.1) is 0 Å². The molecule has 0 atom stereocenters. The van der Waals surface area contributed by atoms with Crippen LogP contribution in [0.1, 0.15) is 0 Å². The summed E-state index contributed by atoms with van der Waals surface area (Å²) in [5, 5.41) is 4.12. The smallest absolute Gasteiger partial charge is 0.159 e. The summed E-state index contributed by atoms with van der Waals surface area (Å²) in [6.07, 6.45) is 1.38. The van der Waals surface area contributed by atoms with Gasteiger partial charge in [0.05, 0.1) is 10.7 Å². The topological polar surface area (TPSA) is 75.9 Å². The lowest BCUT2D eigenvalue weighted by molar-refractivity contribution is 1.12. The van der Waals surface area contributed by atoms with Gasteiger partial charge in [-0.2, -0.15) is 0 Å². The zero-order valence-corrected chi connectivity index (χ0v) is 12.0. The second-order valence-electron chi connectivity index (χ2n) is 3.28. The largest absolute Gasteiger partial charge is 0.338 e. The summed E-state index contributed by atoms with van der Waals surface area (Å²) in [6, 6.07) is 5.13. The van der Waals surface area contributed by atoms with E-state index in [4.69, 9.17) is 29.0 Å². The molecule has 5 nitrogen and oxygen atoms in total. The molecule has 1 aromatic carbocycles. The van der Waals surface area contributed by atoms with Crippen LogP contribution in [0.25, 0.3) is 0 Å². The van der Waals surface area contributed by atoms with Gasteiger partial charge in [-0.05, 0) is 34.1 Å². The van der Waals surface area contributed by atoms with Gasteiger partial charge < -0.3 is 10.7 Å². The molecule has 2 rings (SSSR count). The monoisotopic (exact) mass is 347 g/mol. The Labute approximate surface area is 122 Å². The highest BCUT2D eigenvalue weighted by molar-refractivity contribution is 9.10. The first kappa shape index (κ1) is 13.4. The molecule has 8 heteroatoms. The van der Waals surface area contributed by atoms with Gasteiger partial charge in [-0.1, -0.05) is 23.2 Å². The van der Waals surface area contributed by atoms with Crippen molar-refractivity contribution in [1.29, 1.82) is 0 Å². The fourth-order valence-corrected chi connectivity index (χ4v) is 2.15. The number of nitrogens with two attached hydrogens (primary N) is 1. The van der Waals surface area contributed by atoms with Gasteiger partial charge in [-0.3, -0.25) is 0 Å². The molecule has 94 valence electrons. The summed E-state index contributed by atoms with van der Waals surface area (Å²) in [7, 11) is 0. The number of rotatable bonds is 3. The quantitative estimate of drug-likeness (QED) is 0.584. The summed E-state index contributed by atoms with van der Waals surface area (Å²) in [4.78, 5) is 8.04. The van der Waals surface area contributed by atoms with E-state index in [0.717, 1.165) is 0 Å². The van der Waals surface area contributed by atoms with Crippen LogP contribution in [0.5, 0.6) is 0 Å². The molecule has 0 radical (unpaired) electrons. The standard InChI is InChI=1S/C10H8BrCl2N5/c11-8-9(15-4-16-10(8)18-14)17-7-2-1-5(12)3-6(7)13/h1-4H,14H2,(H2,15,16,17,18). The zero-order chi connectivity index (χ0) is 13.1. The van der Waals surface area contributed by atoms with Crippen molar-refractivity contribution in [3.63, 3.8) is 0 Å². The lowest BCUT2D eigenvalue weighted by Gasteiger charge is -2.11. The van der Waals surface area contributed by atoms with Crippen LogP contribution in [0.2, 0.25) is 10.0 Å². The van der Waals surface area contributed by atoms with Crippen molar-refractivity contribution in [3.8, 4) is 0 Å². The van der Waals surface area contributed by atoms with Crippen LogP contribution in [0.3, 0.4) is 0 Å². The molecule has 0 aliphatic rings. The van der Waals surface area contributed by atoms with Gasteiger partial charge in [0.15, 0.2) is 5.82 Å². The predicted octanol–water partition coefficient (Wildman–Crippen LogP) is 3.58. The minimum absolute atomic E-state index is 0.470. The van der Waals surface area contributed by atoms with Crippen LogP contribution in [-0.2, 0) is 0 Å². The molecule has 4 N–H and O–H groups in total. The van der Waals surface area contributed by atoms with Crippen LogP contribution in [0.4, 0.5) is 17.3 Å². The third kappa shape index (κ3) is 2.84. The summed E-state index contributed by atoms with van der Waals surface area (Å²) in [5.41, 5.74) is 3.14. The number of hydrogen-bond acceptors (Lipinski definition) is 5. The Morgan fingerprint density at radius 3 is 2.56 bits per heavy atom. The SMILES string of the molecule is NNc1ncnc(Nc2ccc(Cl)cc2Cl)c1Br. The highest BCUT2D eigenvalue weighted by Gasteiger charge is 2.09. The first-order valence-corrected chi connectivity index (χ1v) is 6.36. The Morgan fingerprint density at radius 2 is 1.89 bits per heavy atom. The van der Waals surface area contributed by atoms with Gasteiger partial charge in [0.2, 0.25) is 0 Å². The molecule has 0 unspecified atom stereocenters. The summed E-state index contributed by atoms with van der Waals surface area (Å²) >= 11 is 15.2. The van der Waals surface area contributed by atoms with Crippen molar-refractivity contribution in [2.45, 2.75) is 0 Å². The second kappa shape index (κ2) is 5.71. The predicted molar refractivity (Wildman–Crippen MR) is 77.3 cm³/mol. The van der Waals surface area contributed by atoms with Crippen molar-refractivity contribution in [1.82, 2.24) is 9.97 Å². The second-order valence-corrected chi connectivity index (χ2v) is 4.92. The lowest BCUT2D eigenvalue weighted by Crippen LogP contribution is -2.10. The van der Waals surface area contributed by atoms with Gasteiger partial charge in [0.1, 0.15) is 16.6 Å². The van der Waals surface area contributed by atoms with Gasteiger partial charge in [-0.25, -0.2) is 15.8 Å². The van der Waals surface area contributed by atoms with Gasteiger partial charge in [0.25, 0.3) is 0 Å². The van der Waals surface area contributed by atoms with E-state index in [1.165, 1.54) is 6.33 Å². The summed E-state index contributed by atoms with van der Waals surface area (Å²) < 4.78 is 0.610. The molecule has 1 heterocycles. The van der Waals surface area contributed by atoms with Crippen molar-refractivity contribution in [2.24, 2.45) is 5.84 Å². The van der Waals surface area contributed by atoms with Crippen LogP contribution in [0, 0.1) is 0 Å². The Bertz CT molecular complexity index is 578. The fourth-order valence-electron chi connectivity index (χ4n) is 1.28. The Morgan fingerprint density at radius 1 is 1.17 bits per heavy atom. The molecule has 0 saturated heterocycles. The molecule has 0 aliphatic heterocycles. The summed E-state index contributed by atoms with van der Waals surface area (Å²) in [6.45, 7) is 0. The number of halogens is 3. The maximum absolute atomic E-state index is 6.06. The molecule has 18 heavy (non-hydrogen) atoms. The van der Waals surface area contributed by atoms with E-state index < -0.39 is 0 Å². The third-order valence-electron chi connectivity index (χ3n) is 2.11. The Kier molecular flexibility index (Phi) is 4.23. The molecule has 0 bridgehead atoms. The summed E-state index contributed by atoms with van der Waals surface area (Å²) in [5.74, 6) is 6.33. The minimum Gasteiger partial charge on any atom is -0.338 e. The molecule has 0 fully saturated rings. The lowest BCUT2D eigenvalue weighted by atomic mass is 10.3. The van der Waals surface area contributed by atoms with Gasteiger partial charge in [0, 0.05) is 5.02 Å². The van der Waals surface area contributed by atoms with Crippen LogP contribution in [0.15, 0.2) is 29.0 Å². The maximum Gasteiger partial charge on any atom is 0.159 e. The first-order chi connectivity index (χ1) is 8.61. The number of aromatic nitrogens is 2. The third-order valence-corrected chi connectivity index (χ3v) is 3.41. The van der Waals surface area contributed by atoms with Crippen LogP contribution < -0.4 is 16.6 Å².